The van der Waals surface area contributed by atoms with Crippen LogP contribution in [-0.2, 0) is 4.79 Å². The van der Waals surface area contributed by atoms with E-state index >= 15 is 0 Å². The van der Waals surface area contributed by atoms with Gasteiger partial charge in [0.15, 0.2) is 18.1 Å². The number of nitrogens with one attached hydrogen (secondary N) is 1. The molecule has 0 saturated carbocycles. The number of benzene rings is 3. The zero-order chi connectivity index (χ0) is 20.8. The van der Waals surface area contributed by atoms with Crippen LogP contribution in [0.4, 0.5) is 5.69 Å². The Morgan fingerprint density at radius 2 is 1.59 bits per heavy atom. The second kappa shape index (κ2) is 9.32. The van der Waals surface area contributed by atoms with Gasteiger partial charge in [-0.1, -0.05) is 47.5 Å². The molecule has 1 amide bonds. The summed E-state index contributed by atoms with van der Waals surface area (Å²) in [6.07, 6.45) is 0. The molecule has 0 aliphatic heterocycles. The number of hydrogen-bond donors (Lipinski definition) is 2. The van der Waals surface area contributed by atoms with E-state index in [4.69, 9.17) is 32.7 Å². The molecule has 0 aromatic heterocycles. The van der Waals surface area contributed by atoms with E-state index in [1.54, 1.807) is 54.6 Å². The molecule has 0 heterocycles. The van der Waals surface area contributed by atoms with Crippen molar-refractivity contribution in [2.75, 3.05) is 11.9 Å². The molecule has 0 fully saturated rings. The summed E-state index contributed by atoms with van der Waals surface area (Å²) in [5.41, 5.74) is 0.174. The van der Waals surface area contributed by atoms with Gasteiger partial charge in [0.2, 0.25) is 0 Å². The van der Waals surface area contributed by atoms with Gasteiger partial charge in [0, 0.05) is 5.02 Å². The van der Waals surface area contributed by atoms with Gasteiger partial charge in [-0.25, -0.2) is 4.79 Å². The zero-order valence-corrected chi connectivity index (χ0v) is 16.4. The van der Waals surface area contributed by atoms with Crippen LogP contribution in [0.15, 0.2) is 66.7 Å². The Balaban J connectivity index is 1.68. The van der Waals surface area contributed by atoms with Gasteiger partial charge in [0.1, 0.15) is 5.75 Å². The first-order chi connectivity index (χ1) is 13.9. The Bertz CT molecular complexity index is 1050. The summed E-state index contributed by atoms with van der Waals surface area (Å²) in [5, 5.41) is 12.5. The molecule has 2 N–H and O–H groups in total. The monoisotopic (exact) mass is 431 g/mol. The van der Waals surface area contributed by atoms with Crippen molar-refractivity contribution in [2.45, 2.75) is 0 Å². The van der Waals surface area contributed by atoms with Gasteiger partial charge < -0.3 is 19.9 Å². The number of hydrogen-bond acceptors (Lipinski definition) is 4. The highest BCUT2D eigenvalue weighted by atomic mass is 35.5. The summed E-state index contributed by atoms with van der Waals surface area (Å²) in [4.78, 5) is 23.4. The number of ether oxygens (including phenoxy) is 2. The number of rotatable bonds is 7. The molecule has 0 aliphatic rings. The van der Waals surface area contributed by atoms with Crippen molar-refractivity contribution >= 4 is 40.8 Å². The van der Waals surface area contributed by atoms with E-state index in [0.717, 1.165) is 0 Å². The van der Waals surface area contributed by atoms with E-state index in [-0.39, 0.29) is 17.9 Å². The first-order valence-electron chi connectivity index (χ1n) is 8.41. The molecular formula is C21H15Cl2NO5. The molecule has 0 aliphatic carbocycles. The Morgan fingerprint density at radius 3 is 2.31 bits per heavy atom. The smallest absolute Gasteiger partial charge is 0.337 e. The van der Waals surface area contributed by atoms with Gasteiger partial charge in [-0.2, -0.15) is 0 Å². The number of anilines is 1. The van der Waals surface area contributed by atoms with Crippen LogP contribution >= 0.6 is 23.2 Å². The fourth-order valence-electron chi connectivity index (χ4n) is 2.44. The van der Waals surface area contributed by atoms with Gasteiger partial charge >= 0.3 is 5.97 Å². The van der Waals surface area contributed by atoms with E-state index in [0.29, 0.717) is 27.3 Å². The number of carbonyl (C=O) groups excluding carboxylic acids is 1. The standard InChI is InChI=1S/C21H15Cl2NO5/c22-13-9-10-17(15(23)11-13)29-19-8-4-3-7-18(19)28-12-20(25)24-16-6-2-1-5-14(16)21(26)27/h1-11H,12H2,(H,24,25)(H,26,27). The SMILES string of the molecule is O=C(COc1ccccc1Oc1ccc(Cl)cc1Cl)Nc1ccccc1C(=O)O. The Morgan fingerprint density at radius 1 is 0.897 bits per heavy atom. The topological polar surface area (TPSA) is 84.9 Å². The number of amides is 1. The van der Waals surface area contributed by atoms with Gasteiger partial charge in [-0.05, 0) is 42.5 Å². The van der Waals surface area contributed by atoms with Crippen LogP contribution in [0, 0.1) is 0 Å². The van der Waals surface area contributed by atoms with Crippen molar-refractivity contribution < 1.29 is 24.2 Å². The predicted molar refractivity (Wildman–Crippen MR) is 111 cm³/mol. The average molecular weight is 432 g/mol. The van der Waals surface area contributed by atoms with Crippen molar-refractivity contribution in [1.29, 1.82) is 0 Å². The van der Waals surface area contributed by atoms with E-state index in [1.165, 1.54) is 12.1 Å². The number of para-hydroxylation sites is 3. The fraction of sp³-hybridized carbons (Fsp3) is 0.0476. The van der Waals surface area contributed by atoms with E-state index in [2.05, 4.69) is 5.32 Å². The van der Waals surface area contributed by atoms with Crippen molar-refractivity contribution in [3.05, 3.63) is 82.3 Å². The molecule has 8 heteroatoms. The molecule has 0 radical (unpaired) electrons. The fourth-order valence-corrected chi connectivity index (χ4v) is 2.89. The van der Waals surface area contributed by atoms with Crippen LogP contribution in [0.25, 0.3) is 0 Å². The van der Waals surface area contributed by atoms with Gasteiger partial charge in [0.25, 0.3) is 5.91 Å². The van der Waals surface area contributed by atoms with Crippen molar-refractivity contribution in [3.63, 3.8) is 0 Å². The van der Waals surface area contributed by atoms with Crippen molar-refractivity contribution in [2.24, 2.45) is 0 Å². The lowest BCUT2D eigenvalue weighted by Gasteiger charge is -2.13. The molecular weight excluding hydrogens is 417 g/mol. The van der Waals surface area contributed by atoms with Crippen LogP contribution in [0.5, 0.6) is 17.2 Å². The molecule has 3 aromatic rings. The number of carboxylic acids is 1. The Hall–Kier alpha value is -3.22. The predicted octanol–water partition coefficient (Wildman–Crippen LogP) is 5.50. The summed E-state index contributed by atoms with van der Waals surface area (Å²) in [5.74, 6) is -0.596. The Labute approximate surface area is 176 Å². The molecule has 29 heavy (non-hydrogen) atoms. The maximum atomic E-state index is 12.2. The number of halogens is 2. The quantitative estimate of drug-likeness (QED) is 0.515. The maximum Gasteiger partial charge on any atom is 0.337 e. The largest absolute Gasteiger partial charge is 0.480 e. The van der Waals surface area contributed by atoms with Gasteiger partial charge in [-0.15, -0.1) is 0 Å². The summed E-state index contributed by atoms with van der Waals surface area (Å²) >= 11 is 12.0. The molecule has 0 bridgehead atoms. The Kier molecular flexibility index (Phi) is 6.59. The van der Waals surface area contributed by atoms with Crippen LogP contribution in [0.3, 0.4) is 0 Å². The molecule has 0 saturated heterocycles. The molecule has 0 unspecified atom stereocenters. The minimum absolute atomic E-state index is 0.0121. The lowest BCUT2D eigenvalue weighted by Crippen LogP contribution is -2.21. The van der Waals surface area contributed by atoms with Crippen LogP contribution in [0.1, 0.15) is 10.4 Å². The first-order valence-corrected chi connectivity index (χ1v) is 9.16. The van der Waals surface area contributed by atoms with Crippen LogP contribution in [0.2, 0.25) is 10.0 Å². The molecule has 6 nitrogen and oxygen atoms in total. The second-order valence-electron chi connectivity index (χ2n) is 5.81. The zero-order valence-electron chi connectivity index (χ0n) is 14.9. The highest BCUT2D eigenvalue weighted by Crippen LogP contribution is 2.36. The highest BCUT2D eigenvalue weighted by Gasteiger charge is 2.14. The molecule has 3 aromatic carbocycles. The third-order valence-electron chi connectivity index (χ3n) is 3.75. The minimum Gasteiger partial charge on any atom is -0.480 e. The van der Waals surface area contributed by atoms with E-state index in [1.807, 2.05) is 0 Å². The third-order valence-corrected chi connectivity index (χ3v) is 4.28. The number of aromatic carboxylic acids is 1. The first kappa shape index (κ1) is 20.5. The summed E-state index contributed by atoms with van der Waals surface area (Å²) in [6, 6.07) is 17.7. The van der Waals surface area contributed by atoms with Crippen molar-refractivity contribution in [3.8, 4) is 17.2 Å². The summed E-state index contributed by atoms with van der Waals surface area (Å²) in [6.45, 7) is -0.345. The maximum absolute atomic E-state index is 12.2. The number of carboxylic acid groups (broad SMARTS) is 1. The van der Waals surface area contributed by atoms with Crippen LogP contribution < -0.4 is 14.8 Å². The third kappa shape index (κ3) is 5.40. The van der Waals surface area contributed by atoms with Crippen LogP contribution in [-0.4, -0.2) is 23.6 Å². The summed E-state index contributed by atoms with van der Waals surface area (Å²) in [7, 11) is 0. The van der Waals surface area contributed by atoms with E-state index < -0.39 is 11.9 Å². The molecule has 0 spiro atoms. The minimum atomic E-state index is -1.14. The molecule has 148 valence electrons. The number of carbonyl (C=O) groups is 2. The summed E-state index contributed by atoms with van der Waals surface area (Å²) < 4.78 is 11.3. The van der Waals surface area contributed by atoms with E-state index in [9.17, 15) is 14.7 Å². The van der Waals surface area contributed by atoms with Crippen molar-refractivity contribution in [1.82, 2.24) is 0 Å². The lowest BCUT2D eigenvalue weighted by atomic mass is 10.2. The van der Waals surface area contributed by atoms with Gasteiger partial charge in [-0.3, -0.25) is 4.79 Å². The second-order valence-corrected chi connectivity index (χ2v) is 6.65. The average Bonchev–Trinajstić information content (AvgIpc) is 2.69. The molecule has 0 atom stereocenters. The lowest BCUT2D eigenvalue weighted by molar-refractivity contribution is -0.118. The van der Waals surface area contributed by atoms with Gasteiger partial charge in [0.05, 0.1) is 16.3 Å². The normalized spacial score (nSPS) is 10.3. The highest BCUT2D eigenvalue weighted by molar-refractivity contribution is 6.35. The molecule has 3 rings (SSSR count).